The summed E-state index contributed by atoms with van der Waals surface area (Å²) in [5, 5.41) is 0. The fraction of sp³-hybridized carbons (Fsp3) is 0.571. The van der Waals surface area contributed by atoms with Crippen LogP contribution in [0.3, 0.4) is 0 Å². The lowest BCUT2D eigenvalue weighted by Crippen LogP contribution is -2.43. The Morgan fingerprint density at radius 2 is 1.89 bits per heavy atom. The van der Waals surface area contributed by atoms with Gasteiger partial charge in [0.1, 0.15) is 6.10 Å². The molecule has 2 atom stereocenters. The van der Waals surface area contributed by atoms with Crippen molar-refractivity contribution in [3.63, 3.8) is 0 Å². The molecule has 0 radical (unpaired) electrons. The third kappa shape index (κ3) is 2.12. The van der Waals surface area contributed by atoms with E-state index in [9.17, 15) is 4.79 Å². The molecule has 0 unspecified atom stereocenters. The summed E-state index contributed by atoms with van der Waals surface area (Å²) in [5.41, 5.74) is 0.594. The first-order valence-electron chi connectivity index (χ1n) is 6.57. The van der Waals surface area contributed by atoms with E-state index in [0.29, 0.717) is 17.6 Å². The molecule has 0 aliphatic carbocycles. The summed E-state index contributed by atoms with van der Waals surface area (Å²) in [4.78, 5) is 18.3. The van der Waals surface area contributed by atoms with Crippen LogP contribution in [0.15, 0.2) is 24.5 Å². The highest BCUT2D eigenvalue weighted by Gasteiger charge is 2.39. The van der Waals surface area contributed by atoms with Crippen LogP contribution < -0.4 is 0 Å². The van der Waals surface area contributed by atoms with Gasteiger partial charge < -0.3 is 9.64 Å². The molecule has 2 aliphatic heterocycles. The monoisotopic (exact) mass is 246 g/mol. The summed E-state index contributed by atoms with van der Waals surface area (Å²) >= 11 is 0. The predicted molar refractivity (Wildman–Crippen MR) is 67.2 cm³/mol. The number of piperidine rings is 1. The second-order valence-corrected chi connectivity index (χ2v) is 5.29. The van der Waals surface area contributed by atoms with Crippen molar-refractivity contribution in [2.75, 3.05) is 7.05 Å². The van der Waals surface area contributed by atoms with Crippen molar-refractivity contribution in [2.45, 2.75) is 43.9 Å². The minimum Gasteiger partial charge on any atom is -0.459 e. The molecule has 18 heavy (non-hydrogen) atoms. The van der Waals surface area contributed by atoms with Crippen LogP contribution in [0.1, 0.15) is 36.0 Å². The van der Waals surface area contributed by atoms with Crippen molar-refractivity contribution in [2.24, 2.45) is 0 Å². The van der Waals surface area contributed by atoms with E-state index >= 15 is 0 Å². The molecule has 4 nitrogen and oxygen atoms in total. The van der Waals surface area contributed by atoms with Crippen LogP contribution in [0, 0.1) is 0 Å². The van der Waals surface area contributed by atoms with Crippen LogP contribution in [-0.2, 0) is 4.74 Å². The van der Waals surface area contributed by atoms with E-state index in [-0.39, 0.29) is 12.1 Å². The molecule has 2 fully saturated rings. The number of esters is 1. The van der Waals surface area contributed by atoms with Gasteiger partial charge in [-0.1, -0.05) is 0 Å². The van der Waals surface area contributed by atoms with Gasteiger partial charge in [0.05, 0.1) is 5.56 Å². The van der Waals surface area contributed by atoms with E-state index in [4.69, 9.17) is 4.74 Å². The van der Waals surface area contributed by atoms with Crippen molar-refractivity contribution in [1.82, 2.24) is 9.88 Å². The van der Waals surface area contributed by atoms with Gasteiger partial charge in [0.2, 0.25) is 0 Å². The molecular formula is C14H18N2O2. The topological polar surface area (TPSA) is 42.4 Å². The number of ether oxygens (including phenoxy) is 1. The smallest absolute Gasteiger partial charge is 0.338 e. The Bertz CT molecular complexity index is 421. The standard InChI is InChI=1S/C14H18N2O2/c1-16-11-2-3-12(16)9-13(8-11)18-14(17)10-4-6-15-7-5-10/h4-7,11-13H,2-3,8-9H2,1H3/t11-,12-/m1/s1. The minimum absolute atomic E-state index is 0.0827. The molecule has 3 heterocycles. The molecule has 1 aromatic rings. The second-order valence-electron chi connectivity index (χ2n) is 5.29. The Hall–Kier alpha value is -1.42. The largest absolute Gasteiger partial charge is 0.459 e. The lowest BCUT2D eigenvalue weighted by Gasteiger charge is -2.35. The number of aromatic nitrogens is 1. The molecule has 2 aliphatic rings. The SMILES string of the molecule is CN1[C@@H]2CC[C@@H]1CC(OC(=O)c1ccncc1)C2. The zero-order valence-corrected chi connectivity index (χ0v) is 10.6. The lowest BCUT2D eigenvalue weighted by molar-refractivity contribution is -0.000458. The van der Waals surface area contributed by atoms with E-state index in [2.05, 4.69) is 16.9 Å². The number of rotatable bonds is 2. The van der Waals surface area contributed by atoms with Gasteiger partial charge in [-0.2, -0.15) is 0 Å². The Labute approximate surface area is 107 Å². The Morgan fingerprint density at radius 3 is 2.50 bits per heavy atom. The normalized spacial score (nSPS) is 31.3. The minimum atomic E-state index is -0.216. The second kappa shape index (κ2) is 4.69. The van der Waals surface area contributed by atoms with Crippen LogP contribution in [0.25, 0.3) is 0 Å². The Balaban J connectivity index is 1.63. The maximum absolute atomic E-state index is 12.0. The predicted octanol–water partition coefficient (Wildman–Crippen LogP) is 1.86. The maximum Gasteiger partial charge on any atom is 0.338 e. The fourth-order valence-corrected chi connectivity index (χ4v) is 3.17. The molecular weight excluding hydrogens is 228 g/mol. The van der Waals surface area contributed by atoms with Crippen LogP contribution in [-0.4, -0.2) is 41.1 Å². The molecule has 0 spiro atoms. The summed E-state index contributed by atoms with van der Waals surface area (Å²) in [5.74, 6) is -0.216. The number of carbonyl (C=O) groups excluding carboxylic acids is 1. The third-order valence-electron chi connectivity index (χ3n) is 4.24. The molecule has 0 amide bonds. The van der Waals surface area contributed by atoms with E-state index in [0.717, 1.165) is 12.8 Å². The van der Waals surface area contributed by atoms with Gasteiger partial charge in [-0.25, -0.2) is 4.79 Å². The van der Waals surface area contributed by atoms with Crippen LogP contribution >= 0.6 is 0 Å². The van der Waals surface area contributed by atoms with Crippen LogP contribution in [0.2, 0.25) is 0 Å². The molecule has 96 valence electrons. The van der Waals surface area contributed by atoms with Crippen molar-refractivity contribution in [3.05, 3.63) is 30.1 Å². The summed E-state index contributed by atoms with van der Waals surface area (Å²) in [7, 11) is 2.18. The first-order valence-corrected chi connectivity index (χ1v) is 6.57. The van der Waals surface area contributed by atoms with Crippen molar-refractivity contribution in [1.29, 1.82) is 0 Å². The molecule has 4 heteroatoms. The maximum atomic E-state index is 12.0. The number of carbonyl (C=O) groups is 1. The van der Waals surface area contributed by atoms with E-state index in [1.807, 2.05) is 0 Å². The van der Waals surface area contributed by atoms with Gasteiger partial charge in [0.15, 0.2) is 0 Å². The number of hydrogen-bond acceptors (Lipinski definition) is 4. The van der Waals surface area contributed by atoms with Gasteiger partial charge >= 0.3 is 5.97 Å². The average Bonchev–Trinajstić information content (AvgIpc) is 2.63. The van der Waals surface area contributed by atoms with Gasteiger partial charge in [-0.3, -0.25) is 4.98 Å². The number of nitrogens with zero attached hydrogens (tertiary/aromatic N) is 2. The zero-order valence-electron chi connectivity index (χ0n) is 10.6. The molecule has 2 bridgehead atoms. The first-order chi connectivity index (χ1) is 8.74. The number of hydrogen-bond donors (Lipinski definition) is 0. The molecule has 0 N–H and O–H groups in total. The molecule has 2 saturated heterocycles. The number of pyridine rings is 1. The highest BCUT2D eigenvalue weighted by molar-refractivity contribution is 5.89. The highest BCUT2D eigenvalue weighted by Crippen LogP contribution is 2.35. The Kier molecular flexibility index (Phi) is 3.04. The average molecular weight is 246 g/mol. The molecule has 0 saturated carbocycles. The summed E-state index contributed by atoms with van der Waals surface area (Å²) in [6.45, 7) is 0. The quantitative estimate of drug-likeness (QED) is 0.747. The summed E-state index contributed by atoms with van der Waals surface area (Å²) < 4.78 is 5.61. The molecule has 1 aromatic heterocycles. The highest BCUT2D eigenvalue weighted by atomic mass is 16.5. The van der Waals surface area contributed by atoms with E-state index in [1.54, 1.807) is 24.5 Å². The first kappa shape index (κ1) is 11.7. The van der Waals surface area contributed by atoms with Gasteiger partial charge in [0.25, 0.3) is 0 Å². The van der Waals surface area contributed by atoms with Gasteiger partial charge in [0, 0.05) is 37.3 Å². The van der Waals surface area contributed by atoms with Gasteiger partial charge in [-0.15, -0.1) is 0 Å². The van der Waals surface area contributed by atoms with E-state index < -0.39 is 0 Å². The van der Waals surface area contributed by atoms with Crippen molar-refractivity contribution >= 4 is 5.97 Å². The molecule has 0 aromatic carbocycles. The van der Waals surface area contributed by atoms with Crippen LogP contribution in [0.5, 0.6) is 0 Å². The van der Waals surface area contributed by atoms with Crippen LogP contribution in [0.4, 0.5) is 0 Å². The third-order valence-corrected chi connectivity index (χ3v) is 4.24. The van der Waals surface area contributed by atoms with Gasteiger partial charge in [-0.05, 0) is 32.0 Å². The Morgan fingerprint density at radius 1 is 1.28 bits per heavy atom. The van der Waals surface area contributed by atoms with Crippen molar-refractivity contribution in [3.8, 4) is 0 Å². The lowest BCUT2D eigenvalue weighted by atomic mass is 10.0. The summed E-state index contributed by atoms with van der Waals surface area (Å²) in [6, 6.07) is 4.59. The van der Waals surface area contributed by atoms with Crippen molar-refractivity contribution < 1.29 is 9.53 Å². The molecule has 3 rings (SSSR count). The summed E-state index contributed by atoms with van der Waals surface area (Å²) in [6.07, 6.45) is 7.76. The number of fused-ring (bicyclic) bond motifs is 2. The zero-order chi connectivity index (χ0) is 12.5. The van der Waals surface area contributed by atoms with E-state index in [1.165, 1.54) is 12.8 Å². The fourth-order valence-electron chi connectivity index (χ4n) is 3.17.